The zero-order chi connectivity index (χ0) is 14.9. The second-order valence-corrected chi connectivity index (χ2v) is 6.16. The first-order chi connectivity index (χ1) is 10.1. The SMILES string of the molecule is Cc1[nH]ncc1S(=O)(=O)Nc1ccc(-c2cnc[nH]2)cc1. The van der Waals surface area contributed by atoms with Crippen molar-refractivity contribution >= 4 is 15.7 Å². The van der Waals surface area contributed by atoms with Crippen LogP contribution in [0.1, 0.15) is 5.69 Å². The second-order valence-electron chi connectivity index (χ2n) is 4.51. The quantitative estimate of drug-likeness (QED) is 0.685. The number of H-pyrrole nitrogens is 2. The molecular formula is C13H13N5O2S. The first-order valence-electron chi connectivity index (χ1n) is 6.18. The number of benzene rings is 1. The second kappa shape index (κ2) is 5.06. The summed E-state index contributed by atoms with van der Waals surface area (Å²) in [6.07, 6.45) is 4.58. The fourth-order valence-corrected chi connectivity index (χ4v) is 3.15. The smallest absolute Gasteiger partial charge is 0.265 e. The van der Waals surface area contributed by atoms with E-state index in [2.05, 4.69) is 24.9 Å². The number of nitrogens with one attached hydrogen (secondary N) is 3. The first-order valence-corrected chi connectivity index (χ1v) is 7.66. The highest BCUT2D eigenvalue weighted by molar-refractivity contribution is 7.92. The fourth-order valence-electron chi connectivity index (χ4n) is 1.95. The van der Waals surface area contributed by atoms with Gasteiger partial charge in [-0.3, -0.25) is 9.82 Å². The highest BCUT2D eigenvalue weighted by Gasteiger charge is 2.18. The van der Waals surface area contributed by atoms with Gasteiger partial charge in [0.05, 0.1) is 30.1 Å². The summed E-state index contributed by atoms with van der Waals surface area (Å²) in [6.45, 7) is 1.66. The van der Waals surface area contributed by atoms with Crippen molar-refractivity contribution in [1.29, 1.82) is 0 Å². The molecular weight excluding hydrogens is 290 g/mol. The lowest BCUT2D eigenvalue weighted by atomic mass is 10.1. The van der Waals surface area contributed by atoms with Crippen LogP contribution < -0.4 is 4.72 Å². The monoisotopic (exact) mass is 303 g/mol. The number of aromatic nitrogens is 4. The number of anilines is 1. The van der Waals surface area contributed by atoms with Crippen molar-refractivity contribution in [2.75, 3.05) is 4.72 Å². The van der Waals surface area contributed by atoms with Crippen LogP contribution in [0.25, 0.3) is 11.3 Å². The Hall–Kier alpha value is -2.61. The van der Waals surface area contributed by atoms with Gasteiger partial charge in [-0.25, -0.2) is 13.4 Å². The lowest BCUT2D eigenvalue weighted by Gasteiger charge is -2.07. The highest BCUT2D eigenvalue weighted by atomic mass is 32.2. The van der Waals surface area contributed by atoms with Crippen LogP contribution in [0.5, 0.6) is 0 Å². The molecule has 8 heteroatoms. The van der Waals surface area contributed by atoms with Gasteiger partial charge in [-0.1, -0.05) is 12.1 Å². The Labute approximate surface area is 121 Å². The van der Waals surface area contributed by atoms with E-state index in [0.29, 0.717) is 11.4 Å². The predicted molar refractivity (Wildman–Crippen MR) is 78.2 cm³/mol. The Balaban J connectivity index is 1.84. The lowest BCUT2D eigenvalue weighted by Crippen LogP contribution is -2.13. The third-order valence-corrected chi connectivity index (χ3v) is 4.51. The maximum Gasteiger partial charge on any atom is 0.265 e. The van der Waals surface area contributed by atoms with Crippen molar-refractivity contribution in [2.45, 2.75) is 11.8 Å². The maximum absolute atomic E-state index is 12.2. The lowest BCUT2D eigenvalue weighted by molar-refractivity contribution is 0.600. The average molecular weight is 303 g/mol. The summed E-state index contributed by atoms with van der Waals surface area (Å²) in [7, 11) is -3.63. The fraction of sp³-hybridized carbons (Fsp3) is 0.0769. The van der Waals surface area contributed by atoms with Crippen LogP contribution in [-0.2, 0) is 10.0 Å². The molecule has 0 saturated heterocycles. The molecule has 0 aliphatic heterocycles. The molecule has 3 rings (SSSR count). The zero-order valence-electron chi connectivity index (χ0n) is 11.2. The Morgan fingerprint density at radius 3 is 2.48 bits per heavy atom. The molecule has 2 heterocycles. The molecule has 0 unspecified atom stereocenters. The van der Waals surface area contributed by atoms with E-state index in [1.54, 1.807) is 31.6 Å². The summed E-state index contributed by atoms with van der Waals surface area (Å²) in [6, 6.07) is 7.02. The maximum atomic E-state index is 12.2. The third-order valence-electron chi connectivity index (χ3n) is 3.02. The summed E-state index contributed by atoms with van der Waals surface area (Å²) in [5.41, 5.74) is 2.78. The van der Waals surface area contributed by atoms with E-state index in [-0.39, 0.29) is 4.90 Å². The van der Waals surface area contributed by atoms with Crippen LogP contribution in [0.2, 0.25) is 0 Å². The molecule has 0 atom stereocenters. The van der Waals surface area contributed by atoms with Gasteiger partial charge in [0.15, 0.2) is 0 Å². The summed E-state index contributed by atoms with van der Waals surface area (Å²) in [5, 5.41) is 6.33. The minimum Gasteiger partial charge on any atom is -0.345 e. The number of aryl methyl sites for hydroxylation is 1. The summed E-state index contributed by atoms with van der Waals surface area (Å²) < 4.78 is 26.9. The van der Waals surface area contributed by atoms with E-state index in [9.17, 15) is 8.42 Å². The molecule has 0 spiro atoms. The predicted octanol–water partition coefficient (Wildman–Crippen LogP) is 1.91. The van der Waals surface area contributed by atoms with Gasteiger partial charge in [0.2, 0.25) is 0 Å². The normalized spacial score (nSPS) is 11.5. The van der Waals surface area contributed by atoms with Gasteiger partial charge in [-0.2, -0.15) is 5.10 Å². The van der Waals surface area contributed by atoms with Crippen molar-refractivity contribution in [2.24, 2.45) is 0 Å². The van der Waals surface area contributed by atoms with E-state index >= 15 is 0 Å². The molecule has 2 aromatic heterocycles. The molecule has 0 aliphatic rings. The van der Waals surface area contributed by atoms with Crippen molar-refractivity contribution in [1.82, 2.24) is 20.2 Å². The van der Waals surface area contributed by atoms with E-state index in [1.807, 2.05) is 12.1 Å². The number of hydrogen-bond donors (Lipinski definition) is 3. The number of imidazole rings is 1. The minimum absolute atomic E-state index is 0.139. The molecule has 0 aliphatic carbocycles. The number of sulfonamides is 1. The number of aromatic amines is 2. The molecule has 0 bridgehead atoms. The molecule has 3 aromatic rings. The Morgan fingerprint density at radius 1 is 1.14 bits per heavy atom. The van der Waals surface area contributed by atoms with Gasteiger partial charge in [0.25, 0.3) is 10.0 Å². The molecule has 0 fully saturated rings. The Bertz CT molecular complexity index is 835. The summed E-state index contributed by atoms with van der Waals surface area (Å²) in [5.74, 6) is 0. The molecule has 1 aromatic carbocycles. The third kappa shape index (κ3) is 2.65. The average Bonchev–Trinajstić information content (AvgIpc) is 3.10. The van der Waals surface area contributed by atoms with Crippen molar-refractivity contribution in [3.05, 3.63) is 48.7 Å². The van der Waals surface area contributed by atoms with Gasteiger partial charge < -0.3 is 4.98 Å². The van der Waals surface area contributed by atoms with E-state index < -0.39 is 10.0 Å². The van der Waals surface area contributed by atoms with E-state index in [1.165, 1.54) is 6.20 Å². The van der Waals surface area contributed by atoms with Gasteiger partial charge in [-0.05, 0) is 24.6 Å². The number of rotatable bonds is 4. The minimum atomic E-state index is -3.63. The topological polar surface area (TPSA) is 104 Å². The van der Waals surface area contributed by atoms with E-state index in [4.69, 9.17) is 0 Å². The molecule has 7 nitrogen and oxygen atoms in total. The van der Waals surface area contributed by atoms with Crippen LogP contribution in [0, 0.1) is 6.92 Å². The Morgan fingerprint density at radius 2 is 1.90 bits per heavy atom. The Kier molecular flexibility index (Phi) is 3.22. The van der Waals surface area contributed by atoms with Crippen molar-refractivity contribution in [3.8, 4) is 11.3 Å². The van der Waals surface area contributed by atoms with Crippen LogP contribution >= 0.6 is 0 Å². The van der Waals surface area contributed by atoms with Gasteiger partial charge in [0.1, 0.15) is 4.90 Å². The van der Waals surface area contributed by atoms with Gasteiger partial charge in [-0.15, -0.1) is 0 Å². The standard InChI is InChI=1S/C13H13N5O2S/c1-9-13(7-16-17-9)21(19,20)18-11-4-2-10(3-5-11)12-6-14-8-15-12/h2-8,18H,1H3,(H,14,15)(H,16,17). The van der Waals surface area contributed by atoms with Crippen molar-refractivity contribution in [3.63, 3.8) is 0 Å². The van der Waals surface area contributed by atoms with E-state index in [0.717, 1.165) is 11.3 Å². The largest absolute Gasteiger partial charge is 0.345 e. The highest BCUT2D eigenvalue weighted by Crippen LogP contribution is 2.21. The molecule has 0 amide bonds. The zero-order valence-corrected chi connectivity index (χ0v) is 12.0. The van der Waals surface area contributed by atoms with Crippen LogP contribution in [0.3, 0.4) is 0 Å². The molecule has 108 valence electrons. The molecule has 21 heavy (non-hydrogen) atoms. The van der Waals surface area contributed by atoms with Crippen LogP contribution in [0.15, 0.2) is 47.9 Å². The number of nitrogens with zero attached hydrogens (tertiary/aromatic N) is 2. The van der Waals surface area contributed by atoms with Gasteiger partial charge in [0, 0.05) is 5.69 Å². The first kappa shape index (κ1) is 13.4. The molecule has 0 radical (unpaired) electrons. The number of hydrogen-bond acceptors (Lipinski definition) is 4. The van der Waals surface area contributed by atoms with Crippen LogP contribution in [0.4, 0.5) is 5.69 Å². The summed E-state index contributed by atoms with van der Waals surface area (Å²) >= 11 is 0. The van der Waals surface area contributed by atoms with Crippen molar-refractivity contribution < 1.29 is 8.42 Å². The molecule has 0 saturated carbocycles. The molecule has 3 N–H and O–H groups in total. The van der Waals surface area contributed by atoms with Crippen LogP contribution in [-0.4, -0.2) is 28.6 Å². The summed E-state index contributed by atoms with van der Waals surface area (Å²) in [4.78, 5) is 7.07. The van der Waals surface area contributed by atoms with Gasteiger partial charge >= 0.3 is 0 Å².